The number of hydrogen-bond acceptors (Lipinski definition) is 4. The highest BCUT2D eigenvalue weighted by Crippen LogP contribution is 2.33. The van der Waals surface area contributed by atoms with Crippen LogP contribution in [0.4, 0.5) is 19.1 Å². The molecule has 0 amide bonds. The van der Waals surface area contributed by atoms with Crippen molar-refractivity contribution >= 4 is 17.7 Å². The second-order valence-electron chi connectivity index (χ2n) is 4.08. The van der Waals surface area contributed by atoms with Crippen LogP contribution in [-0.4, -0.2) is 17.0 Å². The van der Waals surface area contributed by atoms with Crippen LogP contribution in [0.25, 0.3) is 0 Å². The van der Waals surface area contributed by atoms with E-state index in [0.717, 1.165) is 16.5 Å². The summed E-state index contributed by atoms with van der Waals surface area (Å²) < 4.78 is 38.3. The van der Waals surface area contributed by atoms with Crippen LogP contribution in [0.15, 0.2) is 40.3 Å². The Morgan fingerprint density at radius 3 is 2.50 bits per heavy atom. The maximum absolute atomic E-state index is 12.8. The van der Waals surface area contributed by atoms with Crippen LogP contribution in [0.3, 0.4) is 0 Å². The monoisotopic (exact) mass is 299 g/mol. The largest absolute Gasteiger partial charge is 0.433 e. The number of aryl methyl sites for hydroxylation is 1. The summed E-state index contributed by atoms with van der Waals surface area (Å²) in [7, 11) is 1.48. The van der Waals surface area contributed by atoms with Gasteiger partial charge in [0.15, 0.2) is 5.69 Å². The third kappa shape index (κ3) is 3.63. The Balaban J connectivity index is 2.36. The van der Waals surface area contributed by atoms with Gasteiger partial charge in [0.1, 0.15) is 5.03 Å². The minimum absolute atomic E-state index is 0.0463. The average Bonchev–Trinajstić information content (AvgIpc) is 2.37. The molecule has 2 rings (SSSR count). The lowest BCUT2D eigenvalue weighted by Crippen LogP contribution is -2.11. The normalized spacial score (nSPS) is 11.4. The molecule has 0 radical (unpaired) electrons. The van der Waals surface area contributed by atoms with E-state index in [4.69, 9.17) is 0 Å². The number of alkyl halides is 3. The number of benzene rings is 1. The van der Waals surface area contributed by atoms with Gasteiger partial charge in [-0.1, -0.05) is 29.5 Å². The summed E-state index contributed by atoms with van der Waals surface area (Å²) >= 11 is 1.17. The topological polar surface area (TPSA) is 37.8 Å². The van der Waals surface area contributed by atoms with Crippen LogP contribution < -0.4 is 5.32 Å². The zero-order valence-corrected chi connectivity index (χ0v) is 11.6. The van der Waals surface area contributed by atoms with E-state index in [2.05, 4.69) is 15.3 Å². The van der Waals surface area contributed by atoms with Gasteiger partial charge in [-0.05, 0) is 19.1 Å². The fourth-order valence-corrected chi connectivity index (χ4v) is 2.47. The zero-order chi connectivity index (χ0) is 14.8. The van der Waals surface area contributed by atoms with E-state index in [1.165, 1.54) is 18.8 Å². The molecule has 0 bridgehead atoms. The standard InChI is InChI=1S/C13H12F3N3S/c1-8-4-3-5-9(6-8)20-11-7-10(13(14,15)16)18-12(17-2)19-11/h3-7H,1-2H3,(H,17,18,19). The predicted molar refractivity (Wildman–Crippen MR) is 71.9 cm³/mol. The van der Waals surface area contributed by atoms with Crippen molar-refractivity contribution in [2.24, 2.45) is 0 Å². The third-order valence-corrected chi connectivity index (χ3v) is 3.34. The lowest BCUT2D eigenvalue weighted by Gasteiger charge is -2.10. The second kappa shape index (κ2) is 5.70. The van der Waals surface area contributed by atoms with Gasteiger partial charge >= 0.3 is 6.18 Å². The molecule has 0 aliphatic heterocycles. The number of hydrogen-bond donors (Lipinski definition) is 1. The minimum atomic E-state index is -4.49. The number of rotatable bonds is 3. The number of nitrogens with one attached hydrogen (secondary N) is 1. The summed E-state index contributed by atoms with van der Waals surface area (Å²) in [5.41, 5.74) is 0.0842. The Bertz CT molecular complexity index is 614. The average molecular weight is 299 g/mol. The summed E-state index contributed by atoms with van der Waals surface area (Å²) in [6, 6.07) is 8.44. The van der Waals surface area contributed by atoms with Gasteiger partial charge < -0.3 is 5.32 Å². The highest BCUT2D eigenvalue weighted by Gasteiger charge is 2.33. The van der Waals surface area contributed by atoms with Gasteiger partial charge in [-0.25, -0.2) is 9.97 Å². The second-order valence-corrected chi connectivity index (χ2v) is 5.18. The van der Waals surface area contributed by atoms with E-state index in [-0.39, 0.29) is 11.0 Å². The zero-order valence-electron chi connectivity index (χ0n) is 10.8. The van der Waals surface area contributed by atoms with Crippen LogP contribution in [0.1, 0.15) is 11.3 Å². The van der Waals surface area contributed by atoms with Crippen molar-refractivity contribution in [3.05, 3.63) is 41.6 Å². The molecule has 1 heterocycles. The molecule has 7 heteroatoms. The molecule has 106 valence electrons. The first-order valence-corrected chi connectivity index (χ1v) is 6.58. The first-order chi connectivity index (χ1) is 9.38. The van der Waals surface area contributed by atoms with E-state index >= 15 is 0 Å². The summed E-state index contributed by atoms with van der Waals surface area (Å²) in [6.45, 7) is 1.92. The van der Waals surface area contributed by atoms with Crippen LogP contribution in [-0.2, 0) is 6.18 Å². The summed E-state index contributed by atoms with van der Waals surface area (Å²) in [4.78, 5) is 8.29. The first kappa shape index (κ1) is 14.6. The Hall–Kier alpha value is -1.76. The molecule has 0 spiro atoms. The van der Waals surface area contributed by atoms with E-state index in [0.29, 0.717) is 0 Å². The molecule has 0 aliphatic rings. The van der Waals surface area contributed by atoms with Gasteiger partial charge in [-0.2, -0.15) is 13.2 Å². The van der Waals surface area contributed by atoms with Crippen molar-refractivity contribution in [2.45, 2.75) is 23.0 Å². The van der Waals surface area contributed by atoms with Gasteiger partial charge in [-0.15, -0.1) is 0 Å². The molecule has 0 saturated carbocycles. The Labute approximate surface area is 118 Å². The fraction of sp³-hybridized carbons (Fsp3) is 0.231. The molecule has 20 heavy (non-hydrogen) atoms. The van der Waals surface area contributed by atoms with Crippen molar-refractivity contribution in [1.29, 1.82) is 0 Å². The van der Waals surface area contributed by atoms with E-state index in [9.17, 15) is 13.2 Å². The molecule has 3 nitrogen and oxygen atoms in total. The SMILES string of the molecule is CNc1nc(Sc2cccc(C)c2)cc(C(F)(F)F)n1. The highest BCUT2D eigenvalue weighted by atomic mass is 32.2. The van der Waals surface area contributed by atoms with Gasteiger partial charge in [-0.3, -0.25) is 0 Å². The molecule has 0 unspecified atom stereocenters. The molecule has 1 N–H and O–H groups in total. The number of halogens is 3. The van der Waals surface area contributed by atoms with E-state index in [1.54, 1.807) is 0 Å². The fourth-order valence-electron chi connectivity index (χ4n) is 1.53. The van der Waals surface area contributed by atoms with Crippen molar-refractivity contribution < 1.29 is 13.2 Å². The van der Waals surface area contributed by atoms with Crippen molar-refractivity contribution in [1.82, 2.24) is 9.97 Å². The summed E-state index contributed by atoms with van der Waals surface area (Å²) in [6.07, 6.45) is -4.49. The molecule has 0 saturated heterocycles. The predicted octanol–water partition coefficient (Wildman–Crippen LogP) is 4.00. The Morgan fingerprint density at radius 2 is 1.90 bits per heavy atom. The summed E-state index contributed by atoms with van der Waals surface area (Å²) in [5.74, 6) is -0.0463. The van der Waals surface area contributed by atoms with Gasteiger partial charge in [0.25, 0.3) is 0 Å². The van der Waals surface area contributed by atoms with Gasteiger partial charge in [0.05, 0.1) is 0 Å². The molecule has 1 aromatic carbocycles. The molecule has 0 atom stereocenters. The van der Waals surface area contributed by atoms with Crippen molar-refractivity contribution in [3.63, 3.8) is 0 Å². The molecular weight excluding hydrogens is 287 g/mol. The van der Waals surface area contributed by atoms with Crippen LogP contribution >= 0.6 is 11.8 Å². The maximum atomic E-state index is 12.8. The van der Waals surface area contributed by atoms with Gasteiger partial charge in [0.2, 0.25) is 5.95 Å². The third-order valence-electron chi connectivity index (χ3n) is 2.43. The Morgan fingerprint density at radius 1 is 1.15 bits per heavy atom. The van der Waals surface area contributed by atoms with Crippen molar-refractivity contribution in [2.75, 3.05) is 12.4 Å². The van der Waals surface area contributed by atoms with Crippen LogP contribution in [0, 0.1) is 6.92 Å². The number of anilines is 1. The summed E-state index contributed by atoms with van der Waals surface area (Å²) in [5, 5.41) is 2.79. The van der Waals surface area contributed by atoms with Gasteiger partial charge in [0, 0.05) is 18.0 Å². The molecular formula is C13H12F3N3S. The van der Waals surface area contributed by atoms with Crippen LogP contribution in [0.2, 0.25) is 0 Å². The molecule has 1 aromatic heterocycles. The molecule has 0 aliphatic carbocycles. The van der Waals surface area contributed by atoms with Crippen LogP contribution in [0.5, 0.6) is 0 Å². The maximum Gasteiger partial charge on any atom is 0.433 e. The Kier molecular flexibility index (Phi) is 4.17. The first-order valence-electron chi connectivity index (χ1n) is 5.77. The smallest absolute Gasteiger partial charge is 0.357 e. The van der Waals surface area contributed by atoms with E-state index < -0.39 is 11.9 Å². The minimum Gasteiger partial charge on any atom is -0.357 e. The number of aromatic nitrogens is 2. The van der Waals surface area contributed by atoms with Crippen molar-refractivity contribution in [3.8, 4) is 0 Å². The quantitative estimate of drug-likeness (QED) is 0.869. The number of nitrogens with zero attached hydrogens (tertiary/aromatic N) is 2. The molecule has 0 fully saturated rings. The molecule has 2 aromatic rings. The lowest BCUT2D eigenvalue weighted by atomic mass is 10.2. The lowest BCUT2D eigenvalue weighted by molar-refractivity contribution is -0.141. The van der Waals surface area contributed by atoms with E-state index in [1.807, 2.05) is 31.2 Å². The highest BCUT2D eigenvalue weighted by molar-refractivity contribution is 7.99.